The second-order valence-electron chi connectivity index (χ2n) is 3.94. The van der Waals surface area contributed by atoms with Gasteiger partial charge in [-0.25, -0.2) is 9.37 Å². The number of anilines is 1. The summed E-state index contributed by atoms with van der Waals surface area (Å²) in [5.41, 5.74) is 0.467. The Hall–Kier alpha value is -1.24. The van der Waals surface area contributed by atoms with E-state index in [9.17, 15) is 9.50 Å². The summed E-state index contributed by atoms with van der Waals surface area (Å²) in [5.74, 6) is 0.224. The number of aliphatic hydroxyl groups is 1. The van der Waals surface area contributed by atoms with Crippen molar-refractivity contribution in [1.29, 1.82) is 0 Å². The third kappa shape index (κ3) is 3.62. The van der Waals surface area contributed by atoms with E-state index >= 15 is 0 Å². The van der Waals surface area contributed by atoms with Crippen molar-refractivity contribution in [2.24, 2.45) is 0 Å². The van der Waals surface area contributed by atoms with E-state index in [1.807, 2.05) is 6.92 Å². The highest BCUT2D eigenvalue weighted by atomic mass is 35.5. The molecule has 0 fully saturated rings. The van der Waals surface area contributed by atoms with Gasteiger partial charge in [-0.15, -0.1) is 0 Å². The van der Waals surface area contributed by atoms with E-state index in [0.717, 1.165) is 12.2 Å². The van der Waals surface area contributed by atoms with Gasteiger partial charge in [-0.1, -0.05) is 24.6 Å². The molecule has 1 aromatic carbocycles. The molecule has 1 atom stereocenters. The molecule has 1 aromatic heterocycles. The van der Waals surface area contributed by atoms with Crippen LogP contribution in [0.25, 0.3) is 0 Å². The van der Waals surface area contributed by atoms with Crippen LogP contribution in [0.4, 0.5) is 9.52 Å². The lowest BCUT2D eigenvalue weighted by atomic mass is 10.1. The standard InChI is InChI=1S/C12H13ClFN3OS/c1-2-11-16-12(19-17-11)15-6-10(18)7-3-4-8(13)9(14)5-7/h3-5,10,18H,2,6H2,1H3,(H,15,16,17). The van der Waals surface area contributed by atoms with Gasteiger partial charge in [0.05, 0.1) is 11.1 Å². The van der Waals surface area contributed by atoms with Crippen molar-refractivity contribution in [3.8, 4) is 0 Å². The lowest BCUT2D eigenvalue weighted by Crippen LogP contribution is -2.12. The molecular formula is C12H13ClFN3OS. The molecule has 102 valence electrons. The minimum atomic E-state index is -0.833. The normalized spacial score (nSPS) is 12.4. The van der Waals surface area contributed by atoms with E-state index < -0.39 is 11.9 Å². The fourth-order valence-electron chi connectivity index (χ4n) is 1.49. The van der Waals surface area contributed by atoms with Crippen molar-refractivity contribution in [2.75, 3.05) is 11.9 Å². The first-order chi connectivity index (χ1) is 9.10. The van der Waals surface area contributed by atoms with Crippen LogP contribution < -0.4 is 5.32 Å². The zero-order valence-corrected chi connectivity index (χ0v) is 11.8. The number of aromatic nitrogens is 2. The summed E-state index contributed by atoms with van der Waals surface area (Å²) in [4.78, 5) is 4.22. The SMILES string of the molecule is CCc1nsc(NCC(O)c2ccc(Cl)c(F)c2)n1. The highest BCUT2D eigenvalue weighted by Crippen LogP contribution is 2.21. The Morgan fingerprint density at radius 3 is 2.95 bits per heavy atom. The Bertz CT molecular complexity index is 564. The number of aryl methyl sites for hydroxylation is 1. The largest absolute Gasteiger partial charge is 0.387 e. The van der Waals surface area contributed by atoms with Crippen LogP contribution in [-0.4, -0.2) is 21.0 Å². The van der Waals surface area contributed by atoms with Gasteiger partial charge in [-0.05, 0) is 17.7 Å². The number of hydrogen-bond donors (Lipinski definition) is 2. The average Bonchev–Trinajstić information content (AvgIpc) is 2.87. The molecular weight excluding hydrogens is 289 g/mol. The highest BCUT2D eigenvalue weighted by Gasteiger charge is 2.11. The Balaban J connectivity index is 1.96. The molecule has 4 nitrogen and oxygen atoms in total. The first kappa shape index (κ1) is 14.2. The molecule has 0 saturated heterocycles. The van der Waals surface area contributed by atoms with Gasteiger partial charge in [0.15, 0.2) is 0 Å². The van der Waals surface area contributed by atoms with E-state index in [2.05, 4.69) is 14.7 Å². The average molecular weight is 302 g/mol. The highest BCUT2D eigenvalue weighted by molar-refractivity contribution is 7.09. The summed E-state index contributed by atoms with van der Waals surface area (Å²) >= 11 is 6.83. The van der Waals surface area contributed by atoms with Gasteiger partial charge in [0.2, 0.25) is 5.13 Å². The van der Waals surface area contributed by atoms with Gasteiger partial charge in [0.25, 0.3) is 0 Å². The van der Waals surface area contributed by atoms with Gasteiger partial charge in [0.1, 0.15) is 11.6 Å². The van der Waals surface area contributed by atoms with Crippen LogP contribution in [0, 0.1) is 5.82 Å². The second-order valence-corrected chi connectivity index (χ2v) is 5.10. The summed E-state index contributed by atoms with van der Waals surface area (Å²) in [6.45, 7) is 2.20. The molecule has 0 aliphatic rings. The lowest BCUT2D eigenvalue weighted by Gasteiger charge is -2.11. The number of nitrogens with one attached hydrogen (secondary N) is 1. The van der Waals surface area contributed by atoms with Crippen molar-refractivity contribution in [3.05, 3.63) is 40.4 Å². The van der Waals surface area contributed by atoms with Gasteiger partial charge in [-0.2, -0.15) is 4.37 Å². The van der Waals surface area contributed by atoms with E-state index in [-0.39, 0.29) is 11.6 Å². The number of nitrogens with zero attached hydrogens (tertiary/aromatic N) is 2. The topological polar surface area (TPSA) is 58.0 Å². The van der Waals surface area contributed by atoms with Crippen LogP contribution in [0.3, 0.4) is 0 Å². The van der Waals surface area contributed by atoms with Crippen LogP contribution in [0.5, 0.6) is 0 Å². The maximum Gasteiger partial charge on any atom is 0.202 e. The summed E-state index contributed by atoms with van der Waals surface area (Å²) < 4.78 is 17.4. The predicted octanol–water partition coefficient (Wildman–Crippen LogP) is 3.04. The van der Waals surface area contributed by atoms with E-state index in [1.54, 1.807) is 6.07 Å². The lowest BCUT2D eigenvalue weighted by molar-refractivity contribution is 0.191. The Morgan fingerprint density at radius 2 is 2.32 bits per heavy atom. The molecule has 0 radical (unpaired) electrons. The molecule has 1 unspecified atom stereocenters. The van der Waals surface area contributed by atoms with Crippen LogP contribution in [0.1, 0.15) is 24.4 Å². The molecule has 2 rings (SSSR count). The van der Waals surface area contributed by atoms with Crippen LogP contribution in [0.2, 0.25) is 5.02 Å². The predicted molar refractivity (Wildman–Crippen MR) is 74.1 cm³/mol. The van der Waals surface area contributed by atoms with E-state index in [4.69, 9.17) is 11.6 Å². The van der Waals surface area contributed by atoms with E-state index in [1.165, 1.54) is 23.7 Å². The summed E-state index contributed by atoms with van der Waals surface area (Å²) in [5, 5.41) is 13.6. The van der Waals surface area contributed by atoms with Crippen molar-refractivity contribution in [3.63, 3.8) is 0 Å². The van der Waals surface area contributed by atoms with Crippen molar-refractivity contribution < 1.29 is 9.50 Å². The number of rotatable bonds is 5. The number of benzene rings is 1. The number of hydrogen-bond acceptors (Lipinski definition) is 5. The first-order valence-corrected chi connectivity index (χ1v) is 6.94. The molecule has 2 N–H and O–H groups in total. The maximum atomic E-state index is 13.3. The number of aliphatic hydroxyl groups excluding tert-OH is 1. The van der Waals surface area contributed by atoms with Gasteiger partial charge in [-0.3, -0.25) is 0 Å². The Labute approximate surface area is 119 Å². The molecule has 0 bridgehead atoms. The second kappa shape index (κ2) is 6.27. The van der Waals surface area contributed by atoms with Gasteiger partial charge < -0.3 is 10.4 Å². The van der Waals surface area contributed by atoms with Crippen LogP contribution in [0.15, 0.2) is 18.2 Å². The smallest absolute Gasteiger partial charge is 0.202 e. The van der Waals surface area contributed by atoms with Gasteiger partial charge >= 0.3 is 0 Å². The number of halogens is 2. The van der Waals surface area contributed by atoms with Gasteiger partial charge in [0, 0.05) is 24.5 Å². The molecule has 1 heterocycles. The molecule has 0 saturated carbocycles. The first-order valence-electron chi connectivity index (χ1n) is 5.79. The maximum absolute atomic E-state index is 13.3. The fraction of sp³-hybridized carbons (Fsp3) is 0.333. The quantitative estimate of drug-likeness (QED) is 0.891. The third-order valence-corrected chi connectivity index (χ3v) is 3.58. The molecule has 0 spiro atoms. The van der Waals surface area contributed by atoms with Crippen LogP contribution >= 0.6 is 23.1 Å². The third-order valence-electron chi connectivity index (χ3n) is 2.56. The summed E-state index contributed by atoms with van der Waals surface area (Å²) in [6.07, 6.45) is -0.0657. The van der Waals surface area contributed by atoms with Crippen LogP contribution in [-0.2, 0) is 6.42 Å². The van der Waals surface area contributed by atoms with Crippen molar-refractivity contribution in [1.82, 2.24) is 9.36 Å². The summed E-state index contributed by atoms with van der Waals surface area (Å²) in [6, 6.07) is 4.25. The summed E-state index contributed by atoms with van der Waals surface area (Å²) in [7, 11) is 0. The minimum absolute atomic E-state index is 0.0422. The molecule has 19 heavy (non-hydrogen) atoms. The molecule has 0 aliphatic heterocycles. The van der Waals surface area contributed by atoms with Crippen molar-refractivity contribution in [2.45, 2.75) is 19.4 Å². The Morgan fingerprint density at radius 1 is 1.53 bits per heavy atom. The fourth-order valence-corrected chi connectivity index (χ4v) is 2.26. The van der Waals surface area contributed by atoms with Crippen molar-refractivity contribution >= 4 is 28.3 Å². The minimum Gasteiger partial charge on any atom is -0.387 e. The Kier molecular flexibility index (Phi) is 4.68. The molecule has 7 heteroatoms. The monoisotopic (exact) mass is 301 g/mol. The molecule has 0 aliphatic carbocycles. The van der Waals surface area contributed by atoms with E-state index in [0.29, 0.717) is 10.7 Å². The zero-order valence-electron chi connectivity index (χ0n) is 10.2. The molecule has 2 aromatic rings. The molecule has 0 amide bonds. The zero-order chi connectivity index (χ0) is 13.8.